The van der Waals surface area contributed by atoms with E-state index in [9.17, 15) is 0 Å². The Labute approximate surface area is 163 Å². The van der Waals surface area contributed by atoms with Crippen molar-refractivity contribution in [1.29, 1.82) is 5.41 Å². The monoisotopic (exact) mass is 357 g/mol. The van der Waals surface area contributed by atoms with Crippen LogP contribution in [0.1, 0.15) is 70.4 Å². The Morgan fingerprint density at radius 2 is 1.59 bits per heavy atom. The second-order valence-electron chi connectivity index (χ2n) is 8.54. The third-order valence-corrected chi connectivity index (χ3v) is 7.42. The molecule has 0 amide bonds. The van der Waals surface area contributed by atoms with Crippen molar-refractivity contribution in [2.24, 2.45) is 11.8 Å². The predicted molar refractivity (Wildman–Crippen MR) is 117 cm³/mol. The Balaban J connectivity index is 1.83. The summed E-state index contributed by atoms with van der Waals surface area (Å²) in [5.41, 5.74) is 8.80. The minimum Gasteiger partial charge on any atom is -0.308 e. The van der Waals surface area contributed by atoms with Crippen LogP contribution in [0.5, 0.6) is 0 Å². The topological polar surface area (TPSA) is 23.9 Å². The summed E-state index contributed by atoms with van der Waals surface area (Å²) in [4.78, 5) is 0. The summed E-state index contributed by atoms with van der Waals surface area (Å²) >= 11 is 0. The van der Waals surface area contributed by atoms with Crippen molar-refractivity contribution < 1.29 is 0 Å². The number of allylic oxidation sites excluding steroid dienone is 4. The zero-order valence-corrected chi connectivity index (χ0v) is 17.1. The van der Waals surface area contributed by atoms with E-state index in [0.717, 1.165) is 5.56 Å². The highest BCUT2D eigenvalue weighted by Gasteiger charge is 2.36. The molecule has 0 aliphatic heterocycles. The van der Waals surface area contributed by atoms with Crippen molar-refractivity contribution in [1.82, 2.24) is 0 Å². The molecule has 1 nitrogen and oxygen atoms in total. The molecule has 0 aromatic heterocycles. The first kappa shape index (κ1) is 18.2. The maximum atomic E-state index is 8.16. The summed E-state index contributed by atoms with van der Waals surface area (Å²) in [6, 6.07) is 13.1. The van der Waals surface area contributed by atoms with Crippen molar-refractivity contribution in [3.63, 3.8) is 0 Å². The maximum absolute atomic E-state index is 8.16. The van der Waals surface area contributed by atoms with Gasteiger partial charge in [0, 0.05) is 11.8 Å². The van der Waals surface area contributed by atoms with Crippen LogP contribution < -0.4 is 0 Å². The van der Waals surface area contributed by atoms with Crippen molar-refractivity contribution in [2.75, 3.05) is 0 Å². The summed E-state index contributed by atoms with van der Waals surface area (Å²) < 4.78 is 0. The van der Waals surface area contributed by atoms with Crippen LogP contribution in [0.4, 0.5) is 0 Å². The molecule has 2 aliphatic rings. The van der Waals surface area contributed by atoms with Gasteiger partial charge in [0.2, 0.25) is 0 Å². The lowest BCUT2D eigenvalue weighted by Crippen LogP contribution is -2.23. The summed E-state index contributed by atoms with van der Waals surface area (Å²) in [6.45, 7) is 9.34. The van der Waals surface area contributed by atoms with Crippen LogP contribution in [0.3, 0.4) is 0 Å². The largest absolute Gasteiger partial charge is 0.308 e. The lowest BCUT2D eigenvalue weighted by Gasteiger charge is -2.36. The van der Waals surface area contributed by atoms with Crippen LogP contribution in [-0.2, 0) is 0 Å². The number of hydrogen-bond donors (Lipinski definition) is 1. The van der Waals surface area contributed by atoms with Gasteiger partial charge in [-0.3, -0.25) is 0 Å². The molecule has 4 rings (SSSR count). The third-order valence-electron chi connectivity index (χ3n) is 7.42. The molecule has 0 heterocycles. The minimum atomic E-state index is 0.533. The minimum absolute atomic E-state index is 0.533. The van der Waals surface area contributed by atoms with Crippen molar-refractivity contribution in [3.8, 4) is 0 Å². The van der Waals surface area contributed by atoms with E-state index in [4.69, 9.17) is 5.41 Å². The lowest BCUT2D eigenvalue weighted by molar-refractivity contribution is 0.333. The van der Waals surface area contributed by atoms with Crippen molar-refractivity contribution in [2.45, 2.75) is 59.3 Å². The fourth-order valence-corrected chi connectivity index (χ4v) is 5.67. The standard InChI is InChI=1S/C26H31N/c1-16-17(2)19(4)26(18(16)3)24-12-8-7-11-22(24)23-14-13-20-9-5-6-10-21(20)25(23)15-27/h5-6,9-10,13-15,18,22,24,27H,7-8,11-12H2,1-4H3. The molecule has 1 saturated carbocycles. The number of benzene rings is 2. The van der Waals surface area contributed by atoms with E-state index < -0.39 is 0 Å². The Hall–Kier alpha value is -2.15. The third kappa shape index (κ3) is 2.88. The van der Waals surface area contributed by atoms with Crippen LogP contribution in [-0.4, -0.2) is 6.21 Å². The van der Waals surface area contributed by atoms with Gasteiger partial charge < -0.3 is 5.41 Å². The number of rotatable bonds is 3. The molecule has 1 N–H and O–H groups in total. The highest BCUT2D eigenvalue weighted by atomic mass is 14.4. The van der Waals surface area contributed by atoms with Gasteiger partial charge in [-0.05, 0) is 78.8 Å². The second-order valence-corrected chi connectivity index (χ2v) is 8.54. The fraction of sp³-hybridized carbons (Fsp3) is 0.423. The molecule has 1 heteroatoms. The van der Waals surface area contributed by atoms with Crippen molar-refractivity contribution in [3.05, 3.63) is 69.8 Å². The van der Waals surface area contributed by atoms with Crippen molar-refractivity contribution >= 4 is 17.0 Å². The van der Waals surface area contributed by atoms with Gasteiger partial charge in [-0.15, -0.1) is 0 Å². The van der Waals surface area contributed by atoms with Gasteiger partial charge >= 0.3 is 0 Å². The summed E-state index contributed by atoms with van der Waals surface area (Å²) in [5.74, 6) is 1.71. The number of fused-ring (bicyclic) bond motifs is 1. The molecule has 0 radical (unpaired) electrons. The first-order chi connectivity index (χ1) is 13.0. The molecular weight excluding hydrogens is 326 g/mol. The summed E-state index contributed by atoms with van der Waals surface area (Å²) in [7, 11) is 0. The van der Waals surface area contributed by atoms with E-state index >= 15 is 0 Å². The SMILES string of the molecule is CC1=C(C)C(C)C(C2CCCCC2c2ccc3ccccc3c2C=N)=C1C. The highest BCUT2D eigenvalue weighted by molar-refractivity contribution is 6.00. The molecule has 27 heavy (non-hydrogen) atoms. The summed E-state index contributed by atoms with van der Waals surface area (Å²) in [5, 5.41) is 10.6. The normalized spacial score (nSPS) is 26.1. The maximum Gasteiger partial charge on any atom is 0.0259 e. The van der Waals surface area contributed by atoms with E-state index in [0.29, 0.717) is 17.8 Å². The smallest absolute Gasteiger partial charge is 0.0259 e. The Bertz CT molecular complexity index is 959. The first-order valence-corrected chi connectivity index (χ1v) is 10.4. The van der Waals surface area contributed by atoms with Crippen LogP contribution in [0.15, 0.2) is 58.7 Å². The molecule has 0 bridgehead atoms. The predicted octanol–water partition coefficient (Wildman–Crippen LogP) is 7.41. The second kappa shape index (κ2) is 7.11. The van der Waals surface area contributed by atoms with Crippen LogP contribution in [0.2, 0.25) is 0 Å². The zero-order valence-electron chi connectivity index (χ0n) is 17.1. The summed E-state index contributed by atoms with van der Waals surface area (Å²) in [6.07, 6.45) is 6.75. The highest BCUT2D eigenvalue weighted by Crippen LogP contribution is 2.50. The lowest BCUT2D eigenvalue weighted by atomic mass is 9.68. The first-order valence-electron chi connectivity index (χ1n) is 10.4. The van der Waals surface area contributed by atoms with Crippen LogP contribution in [0.25, 0.3) is 10.8 Å². The van der Waals surface area contributed by atoms with E-state index in [1.54, 1.807) is 17.4 Å². The molecule has 0 spiro atoms. The van der Waals surface area contributed by atoms with Gasteiger partial charge in [0.25, 0.3) is 0 Å². The molecule has 3 atom stereocenters. The zero-order chi connectivity index (χ0) is 19.1. The average molecular weight is 358 g/mol. The quantitative estimate of drug-likeness (QED) is 0.553. The number of nitrogens with one attached hydrogen (secondary N) is 1. The van der Waals surface area contributed by atoms with Gasteiger partial charge in [-0.2, -0.15) is 0 Å². The van der Waals surface area contributed by atoms with Gasteiger partial charge in [0.1, 0.15) is 0 Å². The van der Waals surface area contributed by atoms with Gasteiger partial charge in [-0.1, -0.05) is 67.3 Å². The van der Waals surface area contributed by atoms with E-state index in [1.807, 2.05) is 0 Å². The molecule has 2 aromatic rings. The molecule has 1 fully saturated rings. The van der Waals surface area contributed by atoms with Gasteiger partial charge in [0.05, 0.1) is 0 Å². The van der Waals surface area contributed by atoms with E-state index in [1.165, 1.54) is 53.2 Å². The van der Waals surface area contributed by atoms with Crippen LogP contribution >= 0.6 is 0 Å². The van der Waals surface area contributed by atoms with Gasteiger partial charge in [-0.25, -0.2) is 0 Å². The average Bonchev–Trinajstić information content (AvgIpc) is 2.90. The molecular formula is C26H31N. The van der Waals surface area contributed by atoms with Gasteiger partial charge in [0.15, 0.2) is 0 Å². The Kier molecular flexibility index (Phi) is 4.80. The molecule has 2 aromatic carbocycles. The molecule has 3 unspecified atom stereocenters. The Morgan fingerprint density at radius 1 is 0.889 bits per heavy atom. The van der Waals surface area contributed by atoms with E-state index in [-0.39, 0.29) is 0 Å². The Morgan fingerprint density at radius 3 is 2.26 bits per heavy atom. The van der Waals surface area contributed by atoms with Crippen LogP contribution in [0, 0.1) is 17.2 Å². The molecule has 140 valence electrons. The number of hydrogen-bond acceptors (Lipinski definition) is 1. The molecule has 0 saturated heterocycles. The fourth-order valence-electron chi connectivity index (χ4n) is 5.67. The van der Waals surface area contributed by atoms with E-state index in [2.05, 4.69) is 64.1 Å². The molecule has 2 aliphatic carbocycles.